The van der Waals surface area contributed by atoms with Crippen LogP contribution in [0.3, 0.4) is 0 Å². The van der Waals surface area contributed by atoms with Crippen molar-refractivity contribution < 1.29 is 19.1 Å². The van der Waals surface area contributed by atoms with Gasteiger partial charge in [0.2, 0.25) is 0 Å². The lowest BCUT2D eigenvalue weighted by molar-refractivity contribution is -0.134. The number of hydrogen-bond donors (Lipinski definition) is 0. The molecule has 0 aliphatic rings. The van der Waals surface area contributed by atoms with Crippen molar-refractivity contribution in [3.8, 4) is 5.75 Å². The predicted octanol–water partition coefficient (Wildman–Crippen LogP) is 1.92. The maximum Gasteiger partial charge on any atom is 0.330 e. The minimum atomic E-state index is -0.551. The summed E-state index contributed by atoms with van der Waals surface area (Å²) in [6, 6.07) is 5.13. The summed E-state index contributed by atoms with van der Waals surface area (Å²) in [6.07, 6.45) is 2.30. The maximum absolute atomic E-state index is 11.8. The van der Waals surface area contributed by atoms with Crippen molar-refractivity contribution in [1.82, 2.24) is 0 Å². The third kappa shape index (κ3) is 3.45. The number of ether oxygens (including phenoxy) is 2. The van der Waals surface area contributed by atoms with Crippen LogP contribution in [-0.4, -0.2) is 26.0 Å². The van der Waals surface area contributed by atoms with Crippen LogP contribution in [-0.2, 0) is 9.53 Å². The molecule has 4 nitrogen and oxygen atoms in total. The Kier molecular flexibility index (Phi) is 4.46. The maximum atomic E-state index is 11.8. The van der Waals surface area contributed by atoms with Gasteiger partial charge in [-0.2, -0.15) is 0 Å². The van der Waals surface area contributed by atoms with Gasteiger partial charge >= 0.3 is 5.97 Å². The second-order valence-corrected chi connectivity index (χ2v) is 3.40. The first kappa shape index (κ1) is 13.0. The van der Waals surface area contributed by atoms with Crippen LogP contribution >= 0.6 is 0 Å². The van der Waals surface area contributed by atoms with Crippen LogP contribution < -0.4 is 4.74 Å². The van der Waals surface area contributed by atoms with Gasteiger partial charge in [-0.05, 0) is 36.8 Å². The zero-order chi connectivity index (χ0) is 12.8. The van der Waals surface area contributed by atoms with Gasteiger partial charge in [-0.3, -0.25) is 4.79 Å². The summed E-state index contributed by atoms with van der Waals surface area (Å²) in [5.41, 5.74) is 1.33. The molecule has 0 spiro atoms. The van der Waals surface area contributed by atoms with Crippen LogP contribution in [0.2, 0.25) is 0 Å². The summed E-state index contributed by atoms with van der Waals surface area (Å²) in [4.78, 5) is 22.6. The van der Waals surface area contributed by atoms with Gasteiger partial charge in [0.25, 0.3) is 0 Å². The van der Waals surface area contributed by atoms with E-state index in [1.54, 1.807) is 25.3 Å². The molecule has 0 fully saturated rings. The van der Waals surface area contributed by atoms with E-state index in [4.69, 9.17) is 4.74 Å². The average molecular weight is 234 g/mol. The van der Waals surface area contributed by atoms with Crippen molar-refractivity contribution in [2.24, 2.45) is 0 Å². The van der Waals surface area contributed by atoms with Crippen LogP contribution in [0.1, 0.15) is 15.9 Å². The molecule has 0 bridgehead atoms. The molecule has 0 saturated carbocycles. The number of benzene rings is 1. The van der Waals surface area contributed by atoms with Crippen molar-refractivity contribution in [1.29, 1.82) is 0 Å². The highest BCUT2D eigenvalue weighted by molar-refractivity contribution is 6.07. The first-order valence-electron chi connectivity index (χ1n) is 5.03. The Labute approximate surface area is 99.8 Å². The first-order valence-corrected chi connectivity index (χ1v) is 5.03. The van der Waals surface area contributed by atoms with Gasteiger partial charge in [0.05, 0.1) is 14.2 Å². The lowest BCUT2D eigenvalue weighted by atomic mass is 10.0. The molecule has 4 heteroatoms. The molecule has 0 aliphatic heterocycles. The summed E-state index contributed by atoms with van der Waals surface area (Å²) >= 11 is 0. The van der Waals surface area contributed by atoms with E-state index < -0.39 is 5.97 Å². The molecular weight excluding hydrogens is 220 g/mol. The van der Waals surface area contributed by atoms with Gasteiger partial charge in [0.1, 0.15) is 5.75 Å². The van der Waals surface area contributed by atoms with Gasteiger partial charge < -0.3 is 9.47 Å². The van der Waals surface area contributed by atoms with Gasteiger partial charge in [-0.15, -0.1) is 0 Å². The van der Waals surface area contributed by atoms with Crippen LogP contribution in [0.25, 0.3) is 0 Å². The molecular formula is C13H14O4. The predicted molar refractivity (Wildman–Crippen MR) is 63.2 cm³/mol. The standard InChI is InChI=1S/C13H14O4/c1-9-8-10(16-2)4-5-11(9)12(14)6-7-13(15)17-3/h4-8H,1-3H3/b7-6+. The van der Waals surface area contributed by atoms with Crippen LogP contribution in [0.4, 0.5) is 0 Å². The summed E-state index contributed by atoms with van der Waals surface area (Å²) < 4.78 is 9.45. The molecule has 90 valence electrons. The van der Waals surface area contributed by atoms with E-state index in [9.17, 15) is 9.59 Å². The Bertz CT molecular complexity index is 460. The molecule has 0 saturated heterocycles. The second kappa shape index (κ2) is 5.84. The fourth-order valence-electron chi connectivity index (χ4n) is 1.34. The van der Waals surface area contributed by atoms with Crippen LogP contribution in [0, 0.1) is 6.92 Å². The summed E-state index contributed by atoms with van der Waals surface area (Å²) in [6.45, 7) is 1.81. The normalized spacial score (nSPS) is 10.3. The van der Waals surface area contributed by atoms with E-state index in [1.165, 1.54) is 13.2 Å². The number of carbonyl (C=O) groups excluding carboxylic acids is 2. The molecule has 0 aliphatic carbocycles. The fraction of sp³-hybridized carbons (Fsp3) is 0.231. The molecule has 0 unspecified atom stereocenters. The highest BCUT2D eigenvalue weighted by Gasteiger charge is 2.07. The third-order valence-electron chi connectivity index (χ3n) is 2.27. The number of rotatable bonds is 4. The number of carbonyl (C=O) groups is 2. The van der Waals surface area contributed by atoms with Crippen molar-refractivity contribution in [3.05, 3.63) is 41.5 Å². The minimum absolute atomic E-state index is 0.240. The van der Waals surface area contributed by atoms with Crippen LogP contribution in [0.15, 0.2) is 30.4 Å². The van der Waals surface area contributed by atoms with E-state index in [-0.39, 0.29) is 5.78 Å². The second-order valence-electron chi connectivity index (χ2n) is 3.40. The quantitative estimate of drug-likeness (QED) is 0.453. The van der Waals surface area contributed by atoms with Gasteiger partial charge in [0.15, 0.2) is 5.78 Å². The van der Waals surface area contributed by atoms with Crippen molar-refractivity contribution in [3.63, 3.8) is 0 Å². The number of ketones is 1. The summed E-state index contributed by atoms with van der Waals surface area (Å²) in [5.74, 6) is -0.101. The molecule has 0 N–H and O–H groups in total. The van der Waals surface area contributed by atoms with Crippen molar-refractivity contribution in [2.45, 2.75) is 6.92 Å². The third-order valence-corrected chi connectivity index (χ3v) is 2.27. The Morgan fingerprint density at radius 2 is 1.88 bits per heavy atom. The Balaban J connectivity index is 2.90. The van der Waals surface area contributed by atoms with Crippen LogP contribution in [0.5, 0.6) is 5.75 Å². The highest BCUT2D eigenvalue weighted by Crippen LogP contribution is 2.17. The SMILES string of the molecule is COC(=O)/C=C/C(=O)c1ccc(OC)cc1C. The molecule has 0 aromatic heterocycles. The zero-order valence-electron chi connectivity index (χ0n) is 10.0. The van der Waals surface area contributed by atoms with E-state index in [1.807, 2.05) is 6.92 Å². The Hall–Kier alpha value is -2.10. The average Bonchev–Trinajstić information content (AvgIpc) is 2.35. The molecule has 1 aromatic rings. The van der Waals surface area contributed by atoms with E-state index >= 15 is 0 Å². The molecule has 1 aromatic carbocycles. The van der Waals surface area contributed by atoms with Crippen molar-refractivity contribution >= 4 is 11.8 Å². The van der Waals surface area contributed by atoms with Gasteiger partial charge in [-0.25, -0.2) is 4.79 Å². The molecule has 0 atom stereocenters. The number of methoxy groups -OCH3 is 2. The monoisotopic (exact) mass is 234 g/mol. The number of esters is 1. The first-order chi connectivity index (χ1) is 8.08. The smallest absolute Gasteiger partial charge is 0.330 e. The Morgan fingerprint density at radius 3 is 2.41 bits per heavy atom. The molecule has 17 heavy (non-hydrogen) atoms. The summed E-state index contributed by atoms with van der Waals surface area (Å²) in [7, 11) is 2.82. The molecule has 1 rings (SSSR count). The number of aryl methyl sites for hydroxylation is 1. The molecule has 0 heterocycles. The summed E-state index contributed by atoms with van der Waals surface area (Å²) in [5, 5.41) is 0. The van der Waals surface area contributed by atoms with Gasteiger partial charge in [-0.1, -0.05) is 0 Å². The van der Waals surface area contributed by atoms with Gasteiger partial charge in [0, 0.05) is 11.6 Å². The highest BCUT2D eigenvalue weighted by atomic mass is 16.5. The Morgan fingerprint density at radius 1 is 1.18 bits per heavy atom. The molecule has 0 radical (unpaired) electrons. The van der Waals surface area contributed by atoms with Crippen molar-refractivity contribution in [2.75, 3.05) is 14.2 Å². The largest absolute Gasteiger partial charge is 0.497 e. The lowest BCUT2D eigenvalue weighted by Gasteiger charge is -2.04. The minimum Gasteiger partial charge on any atom is -0.497 e. The fourth-order valence-corrected chi connectivity index (χ4v) is 1.34. The number of hydrogen-bond acceptors (Lipinski definition) is 4. The van der Waals surface area contributed by atoms with E-state index in [2.05, 4.69) is 4.74 Å². The topological polar surface area (TPSA) is 52.6 Å². The lowest BCUT2D eigenvalue weighted by Crippen LogP contribution is -2.01. The molecule has 0 amide bonds. The number of allylic oxidation sites excluding steroid dienone is 1. The van der Waals surface area contributed by atoms with E-state index in [0.717, 1.165) is 11.6 Å². The van der Waals surface area contributed by atoms with E-state index in [0.29, 0.717) is 11.3 Å². The zero-order valence-corrected chi connectivity index (χ0v) is 10.0.